The van der Waals surface area contributed by atoms with E-state index in [9.17, 15) is 9.18 Å². The summed E-state index contributed by atoms with van der Waals surface area (Å²) in [5.41, 5.74) is 0.938. The molecule has 0 bridgehead atoms. The molecule has 36 heavy (non-hydrogen) atoms. The summed E-state index contributed by atoms with van der Waals surface area (Å²) in [6.07, 6.45) is -0.754. The van der Waals surface area contributed by atoms with E-state index in [2.05, 4.69) is 4.98 Å². The molecule has 0 saturated heterocycles. The number of hydrogen-bond donors (Lipinski definition) is 0. The van der Waals surface area contributed by atoms with Gasteiger partial charge in [0.05, 0.1) is 29.8 Å². The van der Waals surface area contributed by atoms with Crippen LogP contribution in [0.1, 0.15) is 48.7 Å². The Morgan fingerprint density at radius 3 is 2.08 bits per heavy atom. The maximum atomic E-state index is 15.5. The fourth-order valence-corrected chi connectivity index (χ4v) is 3.24. The van der Waals surface area contributed by atoms with Gasteiger partial charge in [0, 0.05) is 16.9 Å². The van der Waals surface area contributed by atoms with E-state index in [4.69, 9.17) is 20.0 Å². The van der Waals surface area contributed by atoms with Crippen LogP contribution >= 0.6 is 0 Å². The number of anilines is 1. The number of ether oxygens (including phenoxy) is 2. The van der Waals surface area contributed by atoms with Gasteiger partial charge < -0.3 is 9.47 Å². The summed E-state index contributed by atoms with van der Waals surface area (Å²) in [7, 11) is 0. The first-order chi connectivity index (χ1) is 17.0. The molecule has 0 aliphatic rings. The third-order valence-corrected chi connectivity index (χ3v) is 5.06. The Morgan fingerprint density at radius 2 is 1.56 bits per heavy atom. The third-order valence-electron chi connectivity index (χ3n) is 5.06. The number of aromatic nitrogens is 1. The third kappa shape index (κ3) is 6.34. The molecule has 1 amide bonds. The zero-order chi connectivity index (χ0) is 26.5. The lowest BCUT2D eigenvalue weighted by atomic mass is 10.1. The van der Waals surface area contributed by atoms with Gasteiger partial charge in [0.2, 0.25) is 5.75 Å². The van der Waals surface area contributed by atoms with Crippen LogP contribution in [-0.2, 0) is 17.9 Å². The Hall–Kier alpha value is -4.50. The second-order valence-electron chi connectivity index (χ2n) is 8.93. The number of pyridine rings is 1. The van der Waals surface area contributed by atoms with Gasteiger partial charge in [-0.25, -0.2) is 14.2 Å². The predicted octanol–water partition coefficient (Wildman–Crippen LogP) is 5.93. The van der Waals surface area contributed by atoms with Crippen LogP contribution in [0.15, 0.2) is 48.5 Å². The number of rotatable bonds is 6. The minimum Gasteiger partial charge on any atom is -0.481 e. The van der Waals surface area contributed by atoms with E-state index in [1.807, 2.05) is 12.1 Å². The van der Waals surface area contributed by atoms with Crippen LogP contribution in [0.4, 0.5) is 19.3 Å². The average molecular weight is 491 g/mol. The maximum Gasteiger partial charge on any atom is 0.415 e. The van der Waals surface area contributed by atoms with Gasteiger partial charge in [-0.3, -0.25) is 4.90 Å². The molecule has 0 aliphatic carbocycles. The van der Waals surface area contributed by atoms with Gasteiger partial charge in [-0.05, 0) is 69.7 Å². The zero-order valence-corrected chi connectivity index (χ0v) is 20.3. The molecule has 0 aliphatic heterocycles. The topological polar surface area (TPSA) is 99.2 Å². The van der Waals surface area contributed by atoms with Crippen LogP contribution < -0.4 is 9.64 Å². The molecular formula is C27H24F2N4O3. The fraction of sp³-hybridized carbons (Fsp3) is 0.259. The first kappa shape index (κ1) is 26.1. The van der Waals surface area contributed by atoms with Crippen LogP contribution in [0.3, 0.4) is 0 Å². The number of carbonyl (C=O) groups excluding carboxylic acids is 1. The second kappa shape index (κ2) is 10.8. The van der Waals surface area contributed by atoms with Gasteiger partial charge in [-0.2, -0.15) is 14.9 Å². The molecule has 0 N–H and O–H groups in total. The number of carbonyl (C=O) groups is 1. The average Bonchev–Trinajstić information content (AvgIpc) is 2.83. The molecule has 184 valence electrons. The molecule has 0 fully saturated rings. The van der Waals surface area contributed by atoms with Gasteiger partial charge in [-0.1, -0.05) is 12.1 Å². The van der Waals surface area contributed by atoms with E-state index in [0.717, 1.165) is 0 Å². The highest BCUT2D eigenvalue weighted by Gasteiger charge is 2.28. The molecule has 1 heterocycles. The summed E-state index contributed by atoms with van der Waals surface area (Å²) in [4.78, 5) is 18.0. The van der Waals surface area contributed by atoms with E-state index >= 15 is 4.39 Å². The molecule has 0 saturated carbocycles. The van der Waals surface area contributed by atoms with Crippen LogP contribution in [-0.4, -0.2) is 16.7 Å². The van der Waals surface area contributed by atoms with Crippen molar-refractivity contribution in [3.05, 3.63) is 88.2 Å². The highest BCUT2D eigenvalue weighted by Crippen LogP contribution is 2.29. The molecule has 7 nitrogen and oxygen atoms in total. The summed E-state index contributed by atoms with van der Waals surface area (Å²) in [5.74, 6) is -2.79. The van der Waals surface area contributed by atoms with Gasteiger partial charge in [0.15, 0.2) is 5.82 Å². The minimum atomic E-state index is -1.12. The Bertz CT molecular complexity index is 1340. The summed E-state index contributed by atoms with van der Waals surface area (Å²) in [6, 6.07) is 16.5. The molecule has 0 unspecified atom stereocenters. The van der Waals surface area contributed by atoms with Crippen LogP contribution in [0.2, 0.25) is 0 Å². The van der Waals surface area contributed by atoms with Crippen molar-refractivity contribution in [1.82, 2.24) is 4.98 Å². The quantitative estimate of drug-likeness (QED) is 0.397. The van der Waals surface area contributed by atoms with E-state index < -0.39 is 29.2 Å². The molecule has 1 aromatic heterocycles. The Kier molecular flexibility index (Phi) is 7.86. The Morgan fingerprint density at radius 1 is 1.00 bits per heavy atom. The summed E-state index contributed by atoms with van der Waals surface area (Å²) >= 11 is 0. The number of amides is 1. The van der Waals surface area contributed by atoms with E-state index in [-0.39, 0.29) is 24.4 Å². The van der Waals surface area contributed by atoms with Crippen molar-refractivity contribution < 1.29 is 23.0 Å². The van der Waals surface area contributed by atoms with E-state index in [1.54, 1.807) is 45.0 Å². The second-order valence-corrected chi connectivity index (χ2v) is 8.93. The number of benzene rings is 2. The molecule has 9 heteroatoms. The lowest BCUT2D eigenvalue weighted by Crippen LogP contribution is -2.37. The lowest BCUT2D eigenvalue weighted by Gasteiger charge is -2.28. The number of hydrogen-bond acceptors (Lipinski definition) is 6. The fourth-order valence-electron chi connectivity index (χ4n) is 3.24. The SMILES string of the molecule is Cc1nc(F)c(OCc2ccc(C#N)cc2)c(F)c1CN(C(=O)OC(C)(C)C)c1ccc(C#N)cc1. The van der Waals surface area contributed by atoms with Crippen molar-refractivity contribution in [2.24, 2.45) is 0 Å². The van der Waals surface area contributed by atoms with Crippen LogP contribution in [0.25, 0.3) is 0 Å². The summed E-state index contributed by atoms with van der Waals surface area (Å²) in [6.45, 7) is 6.04. The first-order valence-corrected chi connectivity index (χ1v) is 11.0. The lowest BCUT2D eigenvalue weighted by molar-refractivity contribution is 0.0577. The largest absolute Gasteiger partial charge is 0.481 e. The number of halogens is 2. The highest BCUT2D eigenvalue weighted by molar-refractivity contribution is 5.88. The van der Waals surface area contributed by atoms with Gasteiger partial charge in [0.1, 0.15) is 12.2 Å². The molecular weight excluding hydrogens is 466 g/mol. The van der Waals surface area contributed by atoms with Crippen molar-refractivity contribution in [2.75, 3.05) is 4.90 Å². The number of nitrogens with zero attached hydrogens (tertiary/aromatic N) is 4. The standard InChI is InChI=1S/C27H24F2N4O3/c1-17-22(15-33(26(34)36-27(2,3)4)21-11-9-19(14-31)10-12-21)23(28)24(25(29)32-17)35-16-20-7-5-18(13-30)6-8-20/h5-12H,15-16H2,1-4H3. The zero-order valence-electron chi connectivity index (χ0n) is 20.3. The molecule has 0 spiro atoms. The van der Waals surface area contributed by atoms with Crippen molar-refractivity contribution in [1.29, 1.82) is 10.5 Å². The molecule has 3 aromatic rings. The van der Waals surface area contributed by atoms with Crippen LogP contribution in [0.5, 0.6) is 5.75 Å². The monoisotopic (exact) mass is 490 g/mol. The van der Waals surface area contributed by atoms with Crippen molar-refractivity contribution >= 4 is 11.8 Å². The van der Waals surface area contributed by atoms with Crippen molar-refractivity contribution in [2.45, 2.75) is 46.4 Å². The number of nitriles is 2. The molecule has 0 radical (unpaired) electrons. The van der Waals surface area contributed by atoms with Crippen LogP contribution in [0, 0.1) is 41.4 Å². The van der Waals surface area contributed by atoms with E-state index in [1.165, 1.54) is 36.1 Å². The first-order valence-electron chi connectivity index (χ1n) is 11.0. The molecule has 2 aromatic carbocycles. The summed E-state index contributed by atoms with van der Waals surface area (Å²) in [5, 5.41) is 18.0. The highest BCUT2D eigenvalue weighted by atomic mass is 19.1. The van der Waals surface area contributed by atoms with Gasteiger partial charge in [-0.15, -0.1) is 0 Å². The maximum absolute atomic E-state index is 15.5. The Labute approximate surface area is 208 Å². The molecule has 0 atom stereocenters. The van der Waals surface area contributed by atoms with E-state index in [0.29, 0.717) is 22.4 Å². The smallest absolute Gasteiger partial charge is 0.415 e. The van der Waals surface area contributed by atoms with Gasteiger partial charge >= 0.3 is 6.09 Å². The predicted molar refractivity (Wildman–Crippen MR) is 128 cm³/mol. The molecule has 3 rings (SSSR count). The van der Waals surface area contributed by atoms with Crippen molar-refractivity contribution in [3.63, 3.8) is 0 Å². The Balaban J connectivity index is 1.95. The van der Waals surface area contributed by atoms with Crippen molar-refractivity contribution in [3.8, 4) is 17.9 Å². The summed E-state index contributed by atoms with van der Waals surface area (Å²) < 4.78 is 41.0. The normalized spacial score (nSPS) is 10.8. The minimum absolute atomic E-state index is 0.0397. The van der Waals surface area contributed by atoms with Gasteiger partial charge in [0.25, 0.3) is 5.95 Å². The number of aryl methyl sites for hydroxylation is 1.